The number of carbonyl (C=O) groups excluding carboxylic acids is 2. The van der Waals surface area contributed by atoms with E-state index < -0.39 is 17.8 Å². The van der Waals surface area contributed by atoms with Crippen LogP contribution >= 0.6 is 0 Å². The van der Waals surface area contributed by atoms with E-state index in [1.807, 2.05) is 37.3 Å². The second-order valence-corrected chi connectivity index (χ2v) is 6.48. The fourth-order valence-electron chi connectivity index (χ4n) is 2.02. The largest absolute Gasteiger partial charge is 0.443 e. The lowest BCUT2D eigenvalue weighted by Crippen LogP contribution is -2.32. The SMILES string of the molecule is CCN(Cc1ccccc1)C(=O)Oc1cnc(NC(=O)OC(C)(C)C)o1. The van der Waals surface area contributed by atoms with Crippen molar-refractivity contribution in [3.05, 3.63) is 42.1 Å². The standard InChI is InChI=1S/C18H23N3O5/c1-5-21(12-13-9-7-6-8-10-13)17(23)25-14-11-19-15(24-14)20-16(22)26-18(2,3)4/h6-11H,5,12H2,1-4H3,(H,19,20,22). The molecule has 0 saturated heterocycles. The maximum absolute atomic E-state index is 12.3. The van der Waals surface area contributed by atoms with Crippen molar-refractivity contribution in [2.75, 3.05) is 11.9 Å². The van der Waals surface area contributed by atoms with Gasteiger partial charge in [0.15, 0.2) is 0 Å². The van der Waals surface area contributed by atoms with Gasteiger partial charge in [-0.2, -0.15) is 4.98 Å². The second kappa shape index (κ2) is 8.37. The molecule has 140 valence electrons. The van der Waals surface area contributed by atoms with E-state index in [2.05, 4.69) is 10.3 Å². The van der Waals surface area contributed by atoms with E-state index in [9.17, 15) is 9.59 Å². The first-order valence-corrected chi connectivity index (χ1v) is 8.23. The Kier molecular flexibility index (Phi) is 6.21. The monoisotopic (exact) mass is 361 g/mol. The number of benzene rings is 1. The quantitative estimate of drug-likeness (QED) is 0.864. The number of rotatable bonds is 5. The van der Waals surface area contributed by atoms with Gasteiger partial charge in [0.05, 0.1) is 0 Å². The van der Waals surface area contributed by atoms with Crippen molar-refractivity contribution >= 4 is 18.2 Å². The number of carbonyl (C=O) groups is 2. The third-order valence-electron chi connectivity index (χ3n) is 3.14. The number of hydrogen-bond acceptors (Lipinski definition) is 6. The molecule has 0 aliphatic heterocycles. The van der Waals surface area contributed by atoms with Gasteiger partial charge in [-0.15, -0.1) is 0 Å². The van der Waals surface area contributed by atoms with Crippen LogP contribution in [0.25, 0.3) is 0 Å². The van der Waals surface area contributed by atoms with Crippen LogP contribution in [-0.4, -0.2) is 34.2 Å². The Morgan fingerprint density at radius 1 is 1.23 bits per heavy atom. The van der Waals surface area contributed by atoms with Crippen LogP contribution in [0, 0.1) is 0 Å². The first-order chi connectivity index (χ1) is 12.3. The van der Waals surface area contributed by atoms with E-state index in [0.29, 0.717) is 13.1 Å². The highest BCUT2D eigenvalue weighted by Gasteiger charge is 2.20. The van der Waals surface area contributed by atoms with Gasteiger partial charge >= 0.3 is 24.1 Å². The lowest BCUT2D eigenvalue weighted by atomic mass is 10.2. The van der Waals surface area contributed by atoms with Gasteiger partial charge in [0.25, 0.3) is 0 Å². The zero-order chi connectivity index (χ0) is 19.2. The van der Waals surface area contributed by atoms with E-state index >= 15 is 0 Å². The number of nitrogens with one attached hydrogen (secondary N) is 1. The molecule has 0 aliphatic rings. The van der Waals surface area contributed by atoms with Gasteiger partial charge in [-0.3, -0.25) is 0 Å². The molecule has 0 unspecified atom stereocenters. The molecule has 0 atom stereocenters. The molecule has 26 heavy (non-hydrogen) atoms. The molecule has 2 amide bonds. The molecule has 0 spiro atoms. The molecule has 0 fully saturated rings. The van der Waals surface area contributed by atoms with Crippen molar-refractivity contribution in [2.24, 2.45) is 0 Å². The zero-order valence-electron chi connectivity index (χ0n) is 15.3. The minimum absolute atomic E-state index is 0.117. The van der Waals surface area contributed by atoms with Gasteiger partial charge in [-0.1, -0.05) is 30.3 Å². The summed E-state index contributed by atoms with van der Waals surface area (Å²) in [5.41, 5.74) is 0.335. The van der Waals surface area contributed by atoms with Crippen LogP contribution in [-0.2, 0) is 11.3 Å². The predicted octanol–water partition coefficient (Wildman–Crippen LogP) is 4.04. The summed E-state index contributed by atoms with van der Waals surface area (Å²) >= 11 is 0. The fraction of sp³-hybridized carbons (Fsp3) is 0.389. The average molecular weight is 361 g/mol. The Balaban J connectivity index is 1.92. The van der Waals surface area contributed by atoms with Crippen LogP contribution in [0.2, 0.25) is 0 Å². The first kappa shape index (κ1) is 19.3. The Morgan fingerprint density at radius 3 is 2.54 bits per heavy atom. The Morgan fingerprint density at radius 2 is 1.92 bits per heavy atom. The molecule has 8 nitrogen and oxygen atoms in total. The number of oxazole rings is 1. The Hall–Kier alpha value is -3.03. The second-order valence-electron chi connectivity index (χ2n) is 6.48. The molecular formula is C18H23N3O5. The minimum Gasteiger partial charge on any atom is -0.443 e. The van der Waals surface area contributed by atoms with Gasteiger partial charge in [-0.25, -0.2) is 14.9 Å². The van der Waals surface area contributed by atoms with Gasteiger partial charge in [0.1, 0.15) is 11.8 Å². The molecule has 8 heteroatoms. The van der Waals surface area contributed by atoms with Crippen molar-refractivity contribution in [1.82, 2.24) is 9.88 Å². The molecule has 1 N–H and O–H groups in total. The highest BCUT2D eigenvalue weighted by Crippen LogP contribution is 2.19. The molecule has 0 saturated carbocycles. The van der Waals surface area contributed by atoms with E-state index in [1.165, 1.54) is 11.1 Å². The van der Waals surface area contributed by atoms with Gasteiger partial charge in [-0.05, 0) is 33.3 Å². The highest BCUT2D eigenvalue weighted by molar-refractivity contribution is 5.82. The third kappa shape index (κ3) is 6.12. The van der Waals surface area contributed by atoms with Crippen LogP contribution in [0.5, 0.6) is 5.95 Å². The average Bonchev–Trinajstić information content (AvgIpc) is 2.98. The predicted molar refractivity (Wildman–Crippen MR) is 94.9 cm³/mol. The van der Waals surface area contributed by atoms with E-state index in [1.54, 1.807) is 20.8 Å². The first-order valence-electron chi connectivity index (χ1n) is 8.23. The van der Waals surface area contributed by atoms with Crippen molar-refractivity contribution in [1.29, 1.82) is 0 Å². The van der Waals surface area contributed by atoms with E-state index in [4.69, 9.17) is 13.9 Å². The van der Waals surface area contributed by atoms with Crippen LogP contribution in [0.15, 0.2) is 40.9 Å². The summed E-state index contributed by atoms with van der Waals surface area (Å²) in [6.45, 7) is 7.93. The van der Waals surface area contributed by atoms with Gasteiger partial charge < -0.3 is 18.8 Å². The normalized spacial score (nSPS) is 10.9. The molecule has 0 aliphatic carbocycles. The number of anilines is 1. The van der Waals surface area contributed by atoms with Crippen LogP contribution in [0.4, 0.5) is 15.6 Å². The summed E-state index contributed by atoms with van der Waals surface area (Å²) in [4.78, 5) is 29.3. The van der Waals surface area contributed by atoms with Crippen molar-refractivity contribution < 1.29 is 23.5 Å². The number of hydrogen-bond donors (Lipinski definition) is 1. The lowest BCUT2D eigenvalue weighted by molar-refractivity contribution is 0.0631. The summed E-state index contributed by atoms with van der Waals surface area (Å²) in [7, 11) is 0. The number of aromatic nitrogens is 1. The smallest absolute Gasteiger partial charge is 0.417 e. The Bertz CT molecular complexity index is 737. The molecule has 2 aromatic rings. The van der Waals surface area contributed by atoms with Crippen molar-refractivity contribution in [2.45, 2.75) is 39.8 Å². The van der Waals surface area contributed by atoms with Crippen molar-refractivity contribution in [3.63, 3.8) is 0 Å². The maximum Gasteiger partial charge on any atom is 0.417 e. The number of amides is 2. The lowest BCUT2D eigenvalue weighted by Gasteiger charge is -2.19. The number of ether oxygens (including phenoxy) is 2. The molecule has 1 aromatic carbocycles. The van der Waals surface area contributed by atoms with Crippen LogP contribution < -0.4 is 10.1 Å². The summed E-state index contributed by atoms with van der Waals surface area (Å²) in [6.07, 6.45) is -0.0752. The molecule has 0 radical (unpaired) electrons. The molecule has 2 rings (SSSR count). The minimum atomic E-state index is -0.712. The van der Waals surface area contributed by atoms with Crippen LogP contribution in [0.3, 0.4) is 0 Å². The topological polar surface area (TPSA) is 93.9 Å². The third-order valence-corrected chi connectivity index (χ3v) is 3.14. The van der Waals surface area contributed by atoms with Crippen LogP contribution in [0.1, 0.15) is 33.3 Å². The summed E-state index contributed by atoms with van der Waals surface area (Å²) in [6, 6.07) is 9.44. The Labute approximate surface area is 152 Å². The van der Waals surface area contributed by atoms with Gasteiger partial charge in [0, 0.05) is 13.1 Å². The number of nitrogens with zero attached hydrogens (tertiary/aromatic N) is 2. The maximum atomic E-state index is 12.3. The summed E-state index contributed by atoms with van der Waals surface area (Å²) < 4.78 is 15.4. The fourth-order valence-corrected chi connectivity index (χ4v) is 2.02. The molecule has 0 bridgehead atoms. The summed E-state index contributed by atoms with van der Waals surface area (Å²) in [5, 5.41) is 2.33. The highest BCUT2D eigenvalue weighted by atomic mass is 16.6. The molecular weight excluding hydrogens is 338 g/mol. The molecule has 1 heterocycles. The summed E-state index contributed by atoms with van der Waals surface area (Å²) in [5.74, 6) is -0.118. The van der Waals surface area contributed by atoms with Crippen molar-refractivity contribution in [3.8, 4) is 5.95 Å². The van der Waals surface area contributed by atoms with E-state index in [-0.39, 0.29) is 12.0 Å². The zero-order valence-corrected chi connectivity index (χ0v) is 15.3. The van der Waals surface area contributed by atoms with Gasteiger partial charge in [0.2, 0.25) is 0 Å². The van der Waals surface area contributed by atoms with E-state index in [0.717, 1.165) is 5.56 Å². The molecule has 1 aromatic heterocycles.